The lowest BCUT2D eigenvalue weighted by Gasteiger charge is -2.41. The summed E-state index contributed by atoms with van der Waals surface area (Å²) in [7, 11) is 1.67. The Morgan fingerprint density at radius 3 is 2.52 bits per heavy atom. The van der Waals surface area contributed by atoms with Gasteiger partial charge in [0.05, 0.1) is 7.11 Å². The van der Waals surface area contributed by atoms with Crippen molar-refractivity contribution in [2.75, 3.05) is 31.6 Å². The molecule has 0 N–H and O–H groups in total. The number of methoxy groups -OCH3 is 1. The van der Waals surface area contributed by atoms with E-state index in [1.165, 1.54) is 5.69 Å². The van der Waals surface area contributed by atoms with E-state index in [4.69, 9.17) is 4.74 Å². The number of pyridine rings is 1. The third kappa shape index (κ3) is 4.29. The predicted octanol–water partition coefficient (Wildman–Crippen LogP) is 2.76. The maximum Gasteiger partial charge on any atom is 0.223 e. The molecule has 1 fully saturated rings. The van der Waals surface area contributed by atoms with Crippen molar-refractivity contribution >= 4 is 11.6 Å². The Labute approximate surface area is 149 Å². The molecule has 1 atom stereocenters. The fourth-order valence-electron chi connectivity index (χ4n) is 3.30. The molecule has 0 aliphatic carbocycles. The summed E-state index contributed by atoms with van der Waals surface area (Å²) < 4.78 is 5.21. The molecular formula is C20H25N3O2. The highest BCUT2D eigenvalue weighted by atomic mass is 16.5. The van der Waals surface area contributed by atoms with Gasteiger partial charge >= 0.3 is 0 Å². The Morgan fingerprint density at radius 2 is 1.88 bits per heavy atom. The zero-order valence-corrected chi connectivity index (χ0v) is 14.9. The summed E-state index contributed by atoms with van der Waals surface area (Å²) in [6, 6.07) is 12.3. The average Bonchev–Trinajstić information content (AvgIpc) is 2.67. The quantitative estimate of drug-likeness (QED) is 0.840. The van der Waals surface area contributed by atoms with Gasteiger partial charge in [0, 0.05) is 50.2 Å². The van der Waals surface area contributed by atoms with Crippen molar-refractivity contribution in [3.63, 3.8) is 0 Å². The standard InChI is InChI=1S/C20H25N3O2/c1-16-15-22(18-4-6-19(25-2)7-5-18)13-14-23(16)20(24)8-3-17-9-11-21-12-10-17/h4-7,9-12,16H,3,8,13-15H2,1-2H3. The fourth-order valence-corrected chi connectivity index (χ4v) is 3.30. The number of hydrogen-bond acceptors (Lipinski definition) is 4. The van der Waals surface area contributed by atoms with Crippen LogP contribution in [0.25, 0.3) is 0 Å². The van der Waals surface area contributed by atoms with Crippen LogP contribution in [0.3, 0.4) is 0 Å². The van der Waals surface area contributed by atoms with Gasteiger partial charge in [-0.25, -0.2) is 0 Å². The Morgan fingerprint density at radius 1 is 1.16 bits per heavy atom. The second-order valence-electron chi connectivity index (χ2n) is 6.44. The molecule has 0 radical (unpaired) electrons. The fraction of sp³-hybridized carbons (Fsp3) is 0.400. The number of carbonyl (C=O) groups is 1. The molecule has 25 heavy (non-hydrogen) atoms. The minimum Gasteiger partial charge on any atom is -0.497 e. The average molecular weight is 339 g/mol. The van der Waals surface area contributed by atoms with Crippen LogP contribution in [0.1, 0.15) is 18.9 Å². The summed E-state index contributed by atoms with van der Waals surface area (Å²) in [6.07, 6.45) is 4.87. The van der Waals surface area contributed by atoms with Crippen molar-refractivity contribution in [3.05, 3.63) is 54.4 Å². The number of piperazine rings is 1. The first kappa shape index (κ1) is 17.3. The molecule has 1 unspecified atom stereocenters. The minimum absolute atomic E-state index is 0.209. The number of hydrogen-bond donors (Lipinski definition) is 0. The van der Waals surface area contributed by atoms with E-state index >= 15 is 0 Å². The van der Waals surface area contributed by atoms with Crippen LogP contribution in [0.4, 0.5) is 5.69 Å². The van der Waals surface area contributed by atoms with E-state index in [2.05, 4.69) is 28.9 Å². The van der Waals surface area contributed by atoms with Gasteiger partial charge in [0.1, 0.15) is 5.75 Å². The van der Waals surface area contributed by atoms with Crippen LogP contribution in [0.2, 0.25) is 0 Å². The van der Waals surface area contributed by atoms with Gasteiger partial charge in [0.2, 0.25) is 5.91 Å². The van der Waals surface area contributed by atoms with E-state index in [0.29, 0.717) is 6.42 Å². The Balaban J connectivity index is 1.54. The van der Waals surface area contributed by atoms with Crippen molar-refractivity contribution in [3.8, 4) is 5.75 Å². The number of benzene rings is 1. The van der Waals surface area contributed by atoms with Crippen LogP contribution in [0.15, 0.2) is 48.8 Å². The van der Waals surface area contributed by atoms with E-state index in [1.54, 1.807) is 19.5 Å². The normalized spacial score (nSPS) is 17.4. The van der Waals surface area contributed by atoms with Crippen LogP contribution >= 0.6 is 0 Å². The molecule has 2 aromatic rings. The van der Waals surface area contributed by atoms with Crippen molar-refractivity contribution < 1.29 is 9.53 Å². The first-order valence-electron chi connectivity index (χ1n) is 8.75. The van der Waals surface area contributed by atoms with Crippen LogP contribution in [-0.2, 0) is 11.2 Å². The number of carbonyl (C=O) groups excluding carboxylic acids is 1. The van der Waals surface area contributed by atoms with Gasteiger partial charge < -0.3 is 14.5 Å². The molecule has 1 aliphatic heterocycles. The number of aryl methyl sites for hydroxylation is 1. The predicted molar refractivity (Wildman–Crippen MR) is 98.9 cm³/mol. The van der Waals surface area contributed by atoms with Gasteiger partial charge in [-0.15, -0.1) is 0 Å². The molecule has 1 aromatic carbocycles. The zero-order chi connectivity index (χ0) is 17.6. The monoisotopic (exact) mass is 339 g/mol. The van der Waals surface area contributed by atoms with Crippen LogP contribution in [0.5, 0.6) is 5.75 Å². The lowest BCUT2D eigenvalue weighted by atomic mass is 10.1. The molecule has 5 heteroatoms. The van der Waals surface area contributed by atoms with Gasteiger partial charge in [-0.1, -0.05) is 0 Å². The smallest absolute Gasteiger partial charge is 0.223 e. The largest absolute Gasteiger partial charge is 0.497 e. The number of amides is 1. The first-order chi connectivity index (χ1) is 12.2. The third-order valence-electron chi connectivity index (χ3n) is 4.76. The Kier molecular flexibility index (Phi) is 5.53. The maximum atomic E-state index is 12.6. The summed E-state index contributed by atoms with van der Waals surface area (Å²) >= 11 is 0. The molecule has 1 aromatic heterocycles. The van der Waals surface area contributed by atoms with Crippen LogP contribution < -0.4 is 9.64 Å². The van der Waals surface area contributed by atoms with Crippen molar-refractivity contribution in [2.24, 2.45) is 0 Å². The van der Waals surface area contributed by atoms with E-state index in [1.807, 2.05) is 29.2 Å². The lowest BCUT2D eigenvalue weighted by Crippen LogP contribution is -2.54. The van der Waals surface area contributed by atoms with Gasteiger partial charge in [-0.05, 0) is 55.3 Å². The second-order valence-corrected chi connectivity index (χ2v) is 6.44. The van der Waals surface area contributed by atoms with Crippen LogP contribution in [-0.4, -0.2) is 48.6 Å². The second kappa shape index (κ2) is 8.01. The number of aromatic nitrogens is 1. The van der Waals surface area contributed by atoms with Crippen molar-refractivity contribution in [1.29, 1.82) is 0 Å². The first-order valence-corrected chi connectivity index (χ1v) is 8.75. The third-order valence-corrected chi connectivity index (χ3v) is 4.76. The summed E-state index contributed by atoms with van der Waals surface area (Å²) in [4.78, 5) is 20.9. The summed E-state index contributed by atoms with van der Waals surface area (Å²) in [6.45, 7) is 4.60. The highest BCUT2D eigenvalue weighted by Crippen LogP contribution is 2.22. The van der Waals surface area contributed by atoms with Gasteiger partial charge in [0.15, 0.2) is 0 Å². The Bertz CT molecular complexity index is 688. The lowest BCUT2D eigenvalue weighted by molar-refractivity contribution is -0.133. The highest BCUT2D eigenvalue weighted by molar-refractivity contribution is 5.77. The van der Waals surface area contributed by atoms with Crippen LogP contribution in [0, 0.1) is 0 Å². The molecule has 0 spiro atoms. The number of nitrogens with zero attached hydrogens (tertiary/aromatic N) is 3. The van der Waals surface area contributed by atoms with E-state index < -0.39 is 0 Å². The van der Waals surface area contributed by atoms with E-state index in [9.17, 15) is 4.79 Å². The number of ether oxygens (including phenoxy) is 1. The van der Waals surface area contributed by atoms with Gasteiger partial charge in [-0.2, -0.15) is 0 Å². The maximum absolute atomic E-state index is 12.6. The number of rotatable bonds is 5. The summed E-state index contributed by atoms with van der Waals surface area (Å²) in [5, 5.41) is 0. The molecule has 1 saturated heterocycles. The van der Waals surface area contributed by atoms with Crippen molar-refractivity contribution in [2.45, 2.75) is 25.8 Å². The molecular weight excluding hydrogens is 314 g/mol. The van der Waals surface area contributed by atoms with Gasteiger partial charge in [-0.3, -0.25) is 9.78 Å². The van der Waals surface area contributed by atoms with Crippen molar-refractivity contribution in [1.82, 2.24) is 9.88 Å². The minimum atomic E-state index is 0.209. The molecule has 2 heterocycles. The van der Waals surface area contributed by atoms with E-state index in [-0.39, 0.29) is 11.9 Å². The van der Waals surface area contributed by atoms with E-state index in [0.717, 1.165) is 37.4 Å². The summed E-state index contributed by atoms with van der Waals surface area (Å²) in [5.41, 5.74) is 2.34. The number of anilines is 1. The SMILES string of the molecule is COc1ccc(N2CCN(C(=O)CCc3ccncc3)C(C)C2)cc1. The summed E-state index contributed by atoms with van der Waals surface area (Å²) in [5.74, 6) is 1.10. The topological polar surface area (TPSA) is 45.7 Å². The molecule has 0 saturated carbocycles. The molecule has 1 amide bonds. The Hall–Kier alpha value is -2.56. The molecule has 0 bridgehead atoms. The molecule has 1 aliphatic rings. The molecule has 5 nitrogen and oxygen atoms in total. The highest BCUT2D eigenvalue weighted by Gasteiger charge is 2.27. The molecule has 132 valence electrons. The molecule has 3 rings (SSSR count). The van der Waals surface area contributed by atoms with Gasteiger partial charge in [0.25, 0.3) is 0 Å². The zero-order valence-electron chi connectivity index (χ0n) is 14.9.